The molecule has 0 radical (unpaired) electrons. The smallest absolute Gasteiger partial charge is 0.312 e. The number of nitrogen functional groups attached to an aromatic ring is 1. The number of benzene rings is 1. The van der Waals surface area contributed by atoms with Gasteiger partial charge in [-0.15, -0.1) is 0 Å². The third-order valence-electron chi connectivity index (χ3n) is 6.62. The minimum atomic E-state index is -0.451. The van der Waals surface area contributed by atoms with Crippen LogP contribution in [0.4, 0.5) is 5.82 Å². The number of nitrogens with two attached hydrogens (primary N) is 1. The Kier molecular flexibility index (Phi) is 6.42. The second kappa shape index (κ2) is 8.05. The molecule has 0 amide bonds. The molecule has 0 aliphatic carbocycles. The van der Waals surface area contributed by atoms with Gasteiger partial charge in [-0.3, -0.25) is 9.48 Å². The van der Waals surface area contributed by atoms with E-state index >= 15 is 0 Å². The average molecular weight is 395 g/mol. The van der Waals surface area contributed by atoms with Gasteiger partial charge in [-0.1, -0.05) is 34.5 Å². The third-order valence-corrected chi connectivity index (χ3v) is 6.62. The number of carbonyl (C=O) groups is 1. The molecule has 2 aromatic rings. The van der Waals surface area contributed by atoms with Crippen molar-refractivity contribution < 1.29 is 9.53 Å². The van der Waals surface area contributed by atoms with Crippen molar-refractivity contribution in [1.82, 2.24) is 9.78 Å². The van der Waals surface area contributed by atoms with Gasteiger partial charge in [0.2, 0.25) is 0 Å². The molecule has 6 nitrogen and oxygen atoms in total. The fourth-order valence-electron chi connectivity index (χ4n) is 4.09. The molecule has 1 aromatic carbocycles. The van der Waals surface area contributed by atoms with Gasteiger partial charge in [0.1, 0.15) is 31.0 Å². The van der Waals surface area contributed by atoms with Gasteiger partial charge in [0.05, 0.1) is 60.1 Å². The highest BCUT2D eigenvalue weighted by molar-refractivity contribution is 6.68. The molecule has 30 heavy (non-hydrogen) atoms. The first-order valence-electron chi connectivity index (χ1n) is 10.2. The van der Waals surface area contributed by atoms with Crippen molar-refractivity contribution in [3.05, 3.63) is 35.4 Å². The van der Waals surface area contributed by atoms with Gasteiger partial charge in [0.15, 0.2) is 0 Å². The Balaban J connectivity index is 2.66. The van der Waals surface area contributed by atoms with E-state index in [0.717, 1.165) is 11.1 Å². The van der Waals surface area contributed by atoms with Crippen LogP contribution in [-0.4, -0.2) is 77.8 Å². The molecule has 0 spiro atoms. The zero-order valence-electron chi connectivity index (χ0n) is 19.6. The summed E-state index contributed by atoms with van der Waals surface area (Å²) >= 11 is 0. The highest BCUT2D eigenvalue weighted by Gasteiger charge is 2.49. The SMILES string of the molecule is BC(B)(B)C(B)(n1nc(-c2ccc(C(C)C(=O)OC)cc2)c(C#N)c1N)C(B)(B)B. The van der Waals surface area contributed by atoms with Crippen molar-refractivity contribution in [3.8, 4) is 17.3 Å². The summed E-state index contributed by atoms with van der Waals surface area (Å²) in [5, 5.41) is 14.4. The Labute approximate surface area is 185 Å². The highest BCUT2D eigenvalue weighted by Crippen LogP contribution is 2.48. The van der Waals surface area contributed by atoms with Crippen LogP contribution in [0.3, 0.4) is 0 Å². The van der Waals surface area contributed by atoms with Gasteiger partial charge in [0, 0.05) is 11.0 Å². The second-order valence-corrected chi connectivity index (χ2v) is 10.1. The molecular weight excluding hydrogens is 368 g/mol. The van der Waals surface area contributed by atoms with Gasteiger partial charge in [0.25, 0.3) is 0 Å². The maximum atomic E-state index is 11.8. The fraction of sp³-hybridized carbons (Fsp3) is 0.353. The van der Waals surface area contributed by atoms with Crippen LogP contribution in [0.5, 0.6) is 0 Å². The lowest BCUT2D eigenvalue weighted by Gasteiger charge is -2.53. The minimum Gasteiger partial charge on any atom is -0.469 e. The van der Waals surface area contributed by atoms with Gasteiger partial charge in [-0.2, -0.15) is 10.4 Å². The summed E-state index contributed by atoms with van der Waals surface area (Å²) in [5.41, 5.74) is 8.56. The summed E-state index contributed by atoms with van der Waals surface area (Å²) in [4.78, 5) is 11.8. The zero-order chi connectivity index (χ0) is 23.1. The van der Waals surface area contributed by atoms with Crippen molar-refractivity contribution in [3.63, 3.8) is 0 Å². The van der Waals surface area contributed by atoms with Crippen molar-refractivity contribution in [2.75, 3.05) is 12.8 Å². The van der Waals surface area contributed by atoms with Gasteiger partial charge in [-0.25, -0.2) is 0 Å². The van der Waals surface area contributed by atoms with Gasteiger partial charge >= 0.3 is 5.97 Å². The summed E-state index contributed by atoms with van der Waals surface area (Å²) in [6.45, 7) is 1.80. The monoisotopic (exact) mass is 396 g/mol. The third kappa shape index (κ3) is 3.85. The summed E-state index contributed by atoms with van der Waals surface area (Å²) in [7, 11) is 16.5. The van der Waals surface area contributed by atoms with E-state index in [0.29, 0.717) is 17.1 Å². The lowest BCUT2D eigenvalue weighted by atomic mass is 9.18. The molecule has 2 N–H and O–H groups in total. The Morgan fingerprint density at radius 1 is 1.13 bits per heavy atom. The number of esters is 1. The van der Waals surface area contributed by atoms with Gasteiger partial charge < -0.3 is 10.5 Å². The number of nitrogens with zero attached hydrogens (tertiary/aromatic N) is 3. The number of nitriles is 1. The quantitative estimate of drug-likeness (QED) is 0.393. The van der Waals surface area contributed by atoms with Crippen molar-refractivity contribution >= 4 is 66.7 Å². The Morgan fingerprint density at radius 3 is 2.03 bits per heavy atom. The normalized spacial score (nSPS) is 13.4. The molecule has 2 rings (SSSR count). The number of anilines is 1. The highest BCUT2D eigenvalue weighted by atomic mass is 16.5. The Morgan fingerprint density at radius 2 is 1.63 bits per heavy atom. The molecule has 0 bridgehead atoms. The zero-order valence-corrected chi connectivity index (χ0v) is 19.6. The second-order valence-electron chi connectivity index (χ2n) is 10.1. The van der Waals surface area contributed by atoms with Crippen LogP contribution < -0.4 is 5.73 Å². The maximum absolute atomic E-state index is 11.8. The molecule has 0 fully saturated rings. The lowest BCUT2D eigenvalue weighted by Crippen LogP contribution is -2.57. The number of carbonyl (C=O) groups excluding carboxylic acids is 1. The van der Waals surface area contributed by atoms with Crippen LogP contribution in [0.1, 0.15) is 24.0 Å². The number of ether oxygens (including phenoxy) is 1. The van der Waals surface area contributed by atoms with E-state index in [1.54, 1.807) is 6.92 Å². The minimum absolute atomic E-state index is 0.171. The molecule has 1 aromatic heterocycles. The Hall–Kier alpha value is -2.36. The largest absolute Gasteiger partial charge is 0.469 e. The first-order chi connectivity index (χ1) is 13.7. The number of hydrogen-bond acceptors (Lipinski definition) is 5. The van der Waals surface area contributed by atoms with Crippen LogP contribution in [0, 0.1) is 11.3 Å². The topological polar surface area (TPSA) is 93.9 Å². The number of methoxy groups -OCH3 is 1. The van der Waals surface area contributed by atoms with Crippen molar-refractivity contribution in [1.29, 1.82) is 5.26 Å². The van der Waals surface area contributed by atoms with E-state index < -0.39 is 5.44 Å². The summed E-state index contributed by atoms with van der Waals surface area (Å²) < 4.78 is 6.65. The number of hydrogen-bond donors (Lipinski definition) is 1. The lowest BCUT2D eigenvalue weighted by molar-refractivity contribution is -0.141. The molecule has 0 saturated heterocycles. The average Bonchev–Trinajstić information content (AvgIpc) is 3.00. The van der Waals surface area contributed by atoms with E-state index in [2.05, 4.69) is 61.0 Å². The van der Waals surface area contributed by atoms with Crippen LogP contribution in [0.25, 0.3) is 11.3 Å². The summed E-state index contributed by atoms with van der Waals surface area (Å²) in [6.07, 6.45) is 0. The van der Waals surface area contributed by atoms with E-state index in [-0.39, 0.29) is 22.1 Å². The number of rotatable bonds is 6. The predicted octanol–water partition coefficient (Wildman–Crippen LogP) is -4.49. The first kappa shape index (κ1) is 23.9. The molecule has 13 heteroatoms. The van der Waals surface area contributed by atoms with Gasteiger partial charge in [-0.05, 0) is 12.5 Å². The van der Waals surface area contributed by atoms with E-state index in [1.807, 2.05) is 28.9 Å². The molecule has 1 atom stereocenters. The van der Waals surface area contributed by atoms with Crippen molar-refractivity contribution in [2.45, 2.75) is 28.5 Å². The van der Waals surface area contributed by atoms with E-state index in [4.69, 9.17) is 15.6 Å². The molecule has 1 heterocycles. The van der Waals surface area contributed by atoms with Crippen LogP contribution in [0.2, 0.25) is 10.2 Å². The Bertz CT molecular complexity index is 974. The molecule has 0 aliphatic rings. The molecule has 0 saturated carbocycles. The van der Waals surface area contributed by atoms with Crippen LogP contribution in [-0.2, 0) is 15.0 Å². The van der Waals surface area contributed by atoms with Crippen LogP contribution >= 0.6 is 0 Å². The summed E-state index contributed by atoms with van der Waals surface area (Å²) in [5.74, 6) is -0.292. The van der Waals surface area contributed by atoms with E-state index in [1.165, 1.54) is 7.11 Å². The van der Waals surface area contributed by atoms with Crippen LogP contribution in [0.15, 0.2) is 24.3 Å². The predicted molar refractivity (Wildman–Crippen MR) is 140 cm³/mol. The molecular formula is C17H27B7N4O2. The van der Waals surface area contributed by atoms with Crippen molar-refractivity contribution in [2.24, 2.45) is 0 Å². The molecule has 0 aliphatic heterocycles. The molecule has 148 valence electrons. The summed E-state index contributed by atoms with van der Waals surface area (Å²) in [6, 6.07) is 9.70. The fourth-order valence-corrected chi connectivity index (χ4v) is 4.09. The van der Waals surface area contributed by atoms with E-state index in [9.17, 15) is 10.1 Å². The standard InChI is InChI=1S/C17H27B7N4O2/c1-8(14(29)30-2)9-3-5-10(6-4-9)12-11(7-25)13(26)28(27-12)15(18,16(19,20)21)17(22,23)24/h3-6,8H,18-24,26H2,1-2H3. The first-order valence-corrected chi connectivity index (χ1v) is 10.2. The molecule has 1 unspecified atom stereocenters. The number of aromatic nitrogens is 2. The maximum Gasteiger partial charge on any atom is 0.312 e.